The Morgan fingerprint density at radius 2 is 0.936 bits per heavy atom. The normalized spacial score (nSPS) is 12.2. The number of pyridine rings is 3. The second-order valence-corrected chi connectivity index (χ2v) is 14.6. The fraction of sp³-hybridized carbons (Fsp3) is 0.432. The molecule has 7 nitrogen and oxygen atoms in total. The molecule has 3 aromatic rings. The summed E-state index contributed by atoms with van der Waals surface area (Å²) in [4.78, 5) is 35.0. The van der Waals surface area contributed by atoms with Crippen molar-refractivity contribution in [2.75, 3.05) is 0 Å². The average molecular weight is 1010 g/mol. The summed E-state index contributed by atoms with van der Waals surface area (Å²) in [7, 11) is 0. The predicted octanol–water partition coefficient (Wildman–Crippen LogP) is 9.12. The molecule has 0 fully saturated rings. The van der Waals surface area contributed by atoms with Gasteiger partial charge in [0.15, 0.2) is 11.6 Å². The van der Waals surface area contributed by atoms with Crippen molar-refractivity contribution in [3.05, 3.63) is 90.7 Å². The molecule has 47 heavy (non-hydrogen) atoms. The van der Waals surface area contributed by atoms with Gasteiger partial charge in [0.25, 0.3) is 0 Å². The number of allylic oxidation sites excluding steroid dienone is 4. The minimum absolute atomic E-state index is 0. The van der Waals surface area contributed by atoms with Gasteiger partial charge in [0, 0.05) is 94.0 Å². The van der Waals surface area contributed by atoms with Crippen LogP contribution in [0.1, 0.15) is 83.1 Å². The van der Waals surface area contributed by atoms with Crippen molar-refractivity contribution in [1.29, 1.82) is 0 Å². The molecule has 0 atom stereocenters. The molecule has 0 spiro atoms. The molecule has 0 bridgehead atoms. The van der Waals surface area contributed by atoms with E-state index in [4.69, 9.17) is 0 Å². The van der Waals surface area contributed by atoms with E-state index < -0.39 is 16.6 Å². The molecular weight excluding hydrogens is 960 g/mol. The van der Waals surface area contributed by atoms with Crippen molar-refractivity contribution in [3.8, 4) is 22.5 Å². The fourth-order valence-corrected chi connectivity index (χ4v) is 2.84. The number of aliphatic hydroxyl groups is 2. The van der Waals surface area contributed by atoms with Crippen LogP contribution in [0.5, 0.6) is 0 Å². The first-order valence-electron chi connectivity index (χ1n) is 14.7. The Hall–Kier alpha value is -2.82. The second kappa shape index (κ2) is 19.2. The Bertz CT molecular complexity index is 1370. The summed E-state index contributed by atoms with van der Waals surface area (Å²) >= 11 is 0. The molecule has 3 aromatic heterocycles. The minimum atomic E-state index is -0.465. The number of rotatable bonds is 4. The van der Waals surface area contributed by atoms with Gasteiger partial charge in [-0.05, 0) is 24.0 Å². The molecule has 0 amide bonds. The molecule has 0 aliphatic carbocycles. The molecule has 0 aliphatic rings. The molecule has 0 saturated carbocycles. The zero-order valence-electron chi connectivity index (χ0n) is 29.3. The largest absolute Gasteiger partial charge is 0.512 e. The molecule has 0 saturated heterocycles. The summed E-state index contributed by atoms with van der Waals surface area (Å²) in [6.45, 7) is 22.2. The molecular formula is C37H48FN3O4Pt2-2. The smallest absolute Gasteiger partial charge is 0.164 e. The van der Waals surface area contributed by atoms with Gasteiger partial charge in [0.1, 0.15) is 11.5 Å². The Labute approximate surface area is 309 Å². The summed E-state index contributed by atoms with van der Waals surface area (Å²) in [5.41, 5.74) is -0.113. The van der Waals surface area contributed by atoms with E-state index in [0.29, 0.717) is 11.4 Å². The van der Waals surface area contributed by atoms with Crippen molar-refractivity contribution in [3.63, 3.8) is 0 Å². The predicted molar refractivity (Wildman–Crippen MR) is 178 cm³/mol. The molecule has 0 aromatic carbocycles. The Morgan fingerprint density at radius 1 is 0.617 bits per heavy atom. The van der Waals surface area contributed by atoms with Crippen LogP contribution in [0.2, 0.25) is 0 Å². The fourth-order valence-electron chi connectivity index (χ4n) is 2.84. The number of hydrogen-bond donors (Lipinski definition) is 2. The average Bonchev–Trinajstić information content (AvgIpc) is 2.92. The molecule has 0 aliphatic heterocycles. The van der Waals surface area contributed by atoms with E-state index in [1.807, 2.05) is 83.1 Å². The second-order valence-electron chi connectivity index (χ2n) is 14.6. The SMILES string of the molecule is CC(C)(C)C(=O)/C=C(\O)C(C)(C)C.CC(C)(C)C(=O)/C=C(\O)C(C)(C)C.Fc1c(-c2ccccn2)[c-]n[c-]c1-c1ccccn1.[Pt].[Pt]. The maximum atomic E-state index is 14.5. The molecule has 0 unspecified atom stereocenters. The van der Waals surface area contributed by atoms with Gasteiger partial charge in [-0.15, -0.1) is 11.6 Å². The van der Waals surface area contributed by atoms with E-state index in [-0.39, 0.29) is 87.2 Å². The van der Waals surface area contributed by atoms with E-state index >= 15 is 0 Å². The van der Waals surface area contributed by atoms with Crippen molar-refractivity contribution in [1.82, 2.24) is 15.0 Å². The number of halogens is 1. The number of aromatic nitrogens is 3. The number of aliphatic hydroxyl groups excluding tert-OH is 2. The van der Waals surface area contributed by atoms with Crippen LogP contribution in [0.25, 0.3) is 22.5 Å². The Balaban J connectivity index is 0. The van der Waals surface area contributed by atoms with Gasteiger partial charge in [-0.1, -0.05) is 101 Å². The van der Waals surface area contributed by atoms with Gasteiger partial charge in [-0.25, -0.2) is 5.56 Å². The van der Waals surface area contributed by atoms with E-state index in [9.17, 15) is 24.2 Å². The van der Waals surface area contributed by atoms with Crippen LogP contribution in [0, 0.1) is 39.9 Å². The monoisotopic (exact) mass is 1010 g/mol. The first kappa shape index (κ1) is 46.3. The van der Waals surface area contributed by atoms with Gasteiger partial charge >= 0.3 is 0 Å². The van der Waals surface area contributed by atoms with Crippen LogP contribution in [-0.2, 0) is 51.7 Å². The van der Waals surface area contributed by atoms with Crippen LogP contribution in [0.4, 0.5) is 4.39 Å². The van der Waals surface area contributed by atoms with Gasteiger partial charge in [0.05, 0.1) is 0 Å². The third kappa shape index (κ3) is 16.2. The van der Waals surface area contributed by atoms with Gasteiger partial charge < -0.3 is 24.6 Å². The van der Waals surface area contributed by atoms with Crippen LogP contribution < -0.4 is 0 Å². The Morgan fingerprint density at radius 3 is 1.17 bits per heavy atom. The number of hydrogen-bond acceptors (Lipinski definition) is 7. The summed E-state index contributed by atoms with van der Waals surface area (Å²) in [5.74, 6) is -0.257. The third-order valence-corrected chi connectivity index (χ3v) is 6.17. The molecule has 0 radical (unpaired) electrons. The summed E-state index contributed by atoms with van der Waals surface area (Å²) in [6, 6.07) is 10.5. The number of ketones is 2. The zero-order valence-corrected chi connectivity index (χ0v) is 33.9. The van der Waals surface area contributed by atoms with E-state index in [0.717, 1.165) is 0 Å². The minimum Gasteiger partial charge on any atom is -0.512 e. The van der Waals surface area contributed by atoms with Crippen molar-refractivity contribution in [2.45, 2.75) is 83.1 Å². The van der Waals surface area contributed by atoms with E-state index in [1.54, 1.807) is 48.8 Å². The zero-order chi connectivity index (χ0) is 34.8. The first-order chi connectivity index (χ1) is 20.5. The van der Waals surface area contributed by atoms with Gasteiger partial charge in [0.2, 0.25) is 0 Å². The van der Waals surface area contributed by atoms with E-state index in [2.05, 4.69) is 27.3 Å². The van der Waals surface area contributed by atoms with Crippen molar-refractivity contribution in [2.24, 2.45) is 21.7 Å². The van der Waals surface area contributed by atoms with Crippen LogP contribution in [0.3, 0.4) is 0 Å². The van der Waals surface area contributed by atoms with Gasteiger partial charge in [-0.2, -0.15) is 12.4 Å². The molecule has 264 valence electrons. The maximum Gasteiger partial charge on any atom is 0.164 e. The standard InChI is InChI=1S/C15H8FN3.2C11H20O2.2Pt/c16-15-11(13-5-1-3-7-18-13)9-17-10-12(15)14-6-2-4-8-19-14;2*1-10(2,3)8(12)7-9(13)11(4,5)6;;/h1-8H;2*7,12H,1-6H3;;/q-2;;;;/b;2*8-7-;;. The van der Waals surface area contributed by atoms with Crippen LogP contribution in [0.15, 0.2) is 72.5 Å². The quantitative estimate of drug-likeness (QED) is 0.152. The summed E-state index contributed by atoms with van der Waals surface area (Å²) < 4.78 is 14.5. The van der Waals surface area contributed by atoms with Crippen molar-refractivity contribution >= 4 is 11.6 Å². The molecule has 3 heterocycles. The van der Waals surface area contributed by atoms with Crippen LogP contribution in [-0.4, -0.2) is 36.7 Å². The first-order valence-corrected chi connectivity index (χ1v) is 14.7. The number of nitrogens with zero attached hydrogens (tertiary/aromatic N) is 3. The van der Waals surface area contributed by atoms with Crippen LogP contribution >= 0.6 is 0 Å². The number of carbonyl (C=O) groups is 2. The van der Waals surface area contributed by atoms with Crippen molar-refractivity contribution < 1.29 is 66.3 Å². The summed E-state index contributed by atoms with van der Waals surface area (Å²) in [5, 5.41) is 19.1. The van der Waals surface area contributed by atoms with E-state index in [1.165, 1.54) is 12.2 Å². The topological polar surface area (TPSA) is 113 Å². The van der Waals surface area contributed by atoms with Gasteiger partial charge in [-0.3, -0.25) is 14.6 Å². The molecule has 10 heteroatoms. The molecule has 3 rings (SSSR count). The number of carbonyl (C=O) groups excluding carboxylic acids is 2. The third-order valence-electron chi connectivity index (χ3n) is 6.17. The molecule has 2 N–H and O–H groups in total. The maximum absolute atomic E-state index is 14.5. The summed E-state index contributed by atoms with van der Waals surface area (Å²) in [6.07, 6.45) is 11.0. The Kier molecular flexibility index (Phi) is 19.0.